The summed E-state index contributed by atoms with van der Waals surface area (Å²) in [5, 5.41) is 29.5. The van der Waals surface area contributed by atoms with Crippen molar-refractivity contribution in [2.75, 3.05) is 12.3 Å². The molecule has 120 valence electrons. The predicted molar refractivity (Wildman–Crippen MR) is 68.7 cm³/mol. The molecular formula is C12H13F2N3O5. The third-order valence-corrected chi connectivity index (χ3v) is 3.22. The molecule has 1 fully saturated rings. The van der Waals surface area contributed by atoms with Gasteiger partial charge >= 0.3 is 11.8 Å². The number of nitrogens with zero attached hydrogens (tertiary/aromatic N) is 2. The van der Waals surface area contributed by atoms with Gasteiger partial charge in [0.05, 0.1) is 6.61 Å². The van der Waals surface area contributed by atoms with Crippen molar-refractivity contribution in [2.24, 2.45) is 0 Å². The van der Waals surface area contributed by atoms with Gasteiger partial charge in [-0.15, -0.1) is 0 Å². The minimum atomic E-state index is -2.42. The molecule has 0 amide bonds. The Kier molecular flexibility index (Phi) is 4.40. The van der Waals surface area contributed by atoms with E-state index in [-0.39, 0.29) is 5.82 Å². The van der Waals surface area contributed by atoms with Crippen LogP contribution in [0.25, 0.3) is 0 Å². The molecule has 1 aromatic rings. The molecule has 0 bridgehead atoms. The third kappa shape index (κ3) is 2.78. The number of hydrogen-bond acceptors (Lipinski definition) is 7. The van der Waals surface area contributed by atoms with E-state index < -0.39 is 42.4 Å². The minimum absolute atomic E-state index is 0.0905. The highest BCUT2D eigenvalue weighted by molar-refractivity contribution is 5.24. The van der Waals surface area contributed by atoms with Crippen molar-refractivity contribution in [1.29, 1.82) is 0 Å². The van der Waals surface area contributed by atoms with Crippen molar-refractivity contribution in [2.45, 2.75) is 24.0 Å². The zero-order valence-corrected chi connectivity index (χ0v) is 11.1. The molecule has 22 heavy (non-hydrogen) atoms. The molecule has 1 saturated heterocycles. The standard InChI is InChI=1S/C12H13F2N3O5/c13-7(14)1-3-12(21)9(19)6(5-18)22-10(12)17-4-2-8(15)16-11(17)20/h2-4,6,9-10,18-19,21H,5H2,(H2,15,16,20)/t6-,9-,10-,12-/m1/s1. The Morgan fingerprint density at radius 2 is 2.32 bits per heavy atom. The molecule has 0 saturated carbocycles. The Bertz CT molecular complexity index is 684. The van der Waals surface area contributed by atoms with Crippen LogP contribution in [0.3, 0.4) is 0 Å². The summed E-state index contributed by atoms with van der Waals surface area (Å²) in [4.78, 5) is 15.2. The predicted octanol–water partition coefficient (Wildman–Crippen LogP) is -1.26. The van der Waals surface area contributed by atoms with E-state index in [2.05, 4.69) is 4.98 Å². The summed E-state index contributed by atoms with van der Waals surface area (Å²) >= 11 is 0. The molecule has 4 atom stereocenters. The van der Waals surface area contributed by atoms with E-state index in [1.807, 2.05) is 0 Å². The van der Waals surface area contributed by atoms with Crippen molar-refractivity contribution >= 4 is 5.82 Å². The highest BCUT2D eigenvalue weighted by Crippen LogP contribution is 2.38. The van der Waals surface area contributed by atoms with Gasteiger partial charge in [0.25, 0.3) is 0 Å². The van der Waals surface area contributed by atoms with Crippen molar-refractivity contribution < 1.29 is 28.8 Å². The van der Waals surface area contributed by atoms with Crippen molar-refractivity contribution in [3.8, 4) is 0 Å². The van der Waals surface area contributed by atoms with Gasteiger partial charge in [-0.2, -0.15) is 13.8 Å². The average molecular weight is 317 g/mol. The molecule has 5 N–H and O–H groups in total. The smallest absolute Gasteiger partial charge is 0.351 e. The van der Waals surface area contributed by atoms with Crippen molar-refractivity contribution in [3.05, 3.63) is 40.6 Å². The first-order valence-electron chi connectivity index (χ1n) is 6.10. The Morgan fingerprint density at radius 1 is 1.64 bits per heavy atom. The van der Waals surface area contributed by atoms with Crippen LogP contribution in [-0.4, -0.2) is 49.3 Å². The number of ether oxygens (including phenoxy) is 1. The molecule has 0 radical (unpaired) electrons. The van der Waals surface area contributed by atoms with Gasteiger partial charge in [-0.3, -0.25) is 4.57 Å². The highest BCUT2D eigenvalue weighted by atomic mass is 19.3. The van der Waals surface area contributed by atoms with Gasteiger partial charge in [-0.25, -0.2) is 4.79 Å². The lowest BCUT2D eigenvalue weighted by Gasteiger charge is -2.27. The molecule has 8 nitrogen and oxygen atoms in total. The molecule has 0 spiro atoms. The van der Waals surface area contributed by atoms with Crippen LogP contribution < -0.4 is 11.4 Å². The van der Waals surface area contributed by atoms with Crippen LogP contribution in [0.5, 0.6) is 0 Å². The number of rotatable bonds is 3. The number of hydrogen-bond donors (Lipinski definition) is 4. The Morgan fingerprint density at radius 3 is 2.86 bits per heavy atom. The van der Waals surface area contributed by atoms with E-state index in [0.29, 0.717) is 6.08 Å². The monoisotopic (exact) mass is 317 g/mol. The molecule has 10 heteroatoms. The topological polar surface area (TPSA) is 131 Å². The lowest BCUT2D eigenvalue weighted by molar-refractivity contribution is -0.0813. The lowest BCUT2D eigenvalue weighted by Crippen LogP contribution is -2.47. The Labute approximate surface area is 122 Å². The fourth-order valence-electron chi connectivity index (χ4n) is 2.16. The molecule has 0 unspecified atom stereocenters. The Hall–Kier alpha value is -2.10. The quantitative estimate of drug-likeness (QED) is 0.512. The Balaban J connectivity index is 2.56. The van der Waals surface area contributed by atoms with Crippen LogP contribution in [0.15, 0.2) is 34.9 Å². The number of aliphatic hydroxyl groups is 3. The molecular weight excluding hydrogens is 304 g/mol. The van der Waals surface area contributed by atoms with Crippen LogP contribution in [0.4, 0.5) is 14.6 Å². The fourth-order valence-corrected chi connectivity index (χ4v) is 2.16. The van der Waals surface area contributed by atoms with E-state index in [1.165, 1.54) is 11.8 Å². The van der Waals surface area contributed by atoms with Gasteiger partial charge in [0.1, 0.15) is 18.0 Å². The average Bonchev–Trinajstić information content (AvgIpc) is 2.70. The zero-order valence-electron chi connectivity index (χ0n) is 11.1. The number of halogens is 2. The van der Waals surface area contributed by atoms with Gasteiger partial charge in [0, 0.05) is 12.3 Å². The number of aliphatic hydroxyl groups excluding tert-OH is 2. The van der Waals surface area contributed by atoms with E-state index in [4.69, 9.17) is 15.6 Å². The van der Waals surface area contributed by atoms with E-state index >= 15 is 0 Å². The summed E-state index contributed by atoms with van der Waals surface area (Å²) in [7, 11) is 0. The van der Waals surface area contributed by atoms with Gasteiger partial charge in [-0.1, -0.05) is 5.73 Å². The lowest BCUT2D eigenvalue weighted by atomic mass is 9.94. The summed E-state index contributed by atoms with van der Waals surface area (Å²) < 4.78 is 30.4. The SMILES string of the molecule is Nc1ccn([C@@H]2O[C@H](CO)[C@@H](O)[C@]2(O)C=C=C(F)F)c(=O)n1. The van der Waals surface area contributed by atoms with Crippen molar-refractivity contribution in [3.63, 3.8) is 0 Å². The van der Waals surface area contributed by atoms with Gasteiger partial charge < -0.3 is 25.8 Å². The molecule has 1 aromatic heterocycles. The first kappa shape index (κ1) is 16.3. The minimum Gasteiger partial charge on any atom is -0.394 e. The number of nitrogen functional groups attached to an aromatic ring is 1. The fraction of sp³-hybridized carbons (Fsp3) is 0.417. The normalized spacial score (nSPS) is 30.9. The highest BCUT2D eigenvalue weighted by Gasteiger charge is 2.55. The zero-order chi connectivity index (χ0) is 16.5. The molecule has 0 aromatic carbocycles. The number of nitrogens with two attached hydrogens (primary N) is 1. The van der Waals surface area contributed by atoms with Gasteiger partial charge in [0.2, 0.25) is 0 Å². The summed E-state index contributed by atoms with van der Waals surface area (Å²) in [5.74, 6) is -0.0905. The molecule has 2 rings (SSSR count). The summed E-state index contributed by atoms with van der Waals surface area (Å²) in [6, 6.07) is 1.22. The summed E-state index contributed by atoms with van der Waals surface area (Å²) in [5.41, 5.74) is 3.45. The molecule has 2 heterocycles. The maximum Gasteiger partial charge on any atom is 0.351 e. The second-order valence-electron chi connectivity index (χ2n) is 4.63. The maximum atomic E-state index is 12.2. The first-order chi connectivity index (χ1) is 10.3. The van der Waals surface area contributed by atoms with Crippen molar-refractivity contribution in [1.82, 2.24) is 9.55 Å². The summed E-state index contributed by atoms with van der Waals surface area (Å²) in [6.07, 6.45) is -5.28. The van der Waals surface area contributed by atoms with Crippen LogP contribution in [-0.2, 0) is 4.74 Å². The van der Waals surface area contributed by atoms with Crippen LogP contribution in [0, 0.1) is 0 Å². The molecule has 0 aliphatic carbocycles. The summed E-state index contributed by atoms with van der Waals surface area (Å²) in [6.45, 7) is -0.702. The number of aromatic nitrogens is 2. The van der Waals surface area contributed by atoms with Crippen LogP contribution in [0.2, 0.25) is 0 Å². The largest absolute Gasteiger partial charge is 0.394 e. The maximum absolute atomic E-state index is 12.2. The van der Waals surface area contributed by atoms with E-state index in [0.717, 1.165) is 10.8 Å². The molecule has 1 aliphatic heterocycles. The number of anilines is 1. The molecule has 1 aliphatic rings. The second-order valence-corrected chi connectivity index (χ2v) is 4.63. The van der Waals surface area contributed by atoms with E-state index in [1.54, 1.807) is 0 Å². The van der Waals surface area contributed by atoms with Crippen LogP contribution >= 0.6 is 0 Å². The third-order valence-electron chi connectivity index (χ3n) is 3.22. The van der Waals surface area contributed by atoms with Gasteiger partial charge in [0.15, 0.2) is 11.8 Å². The van der Waals surface area contributed by atoms with Crippen LogP contribution in [0.1, 0.15) is 6.23 Å². The van der Waals surface area contributed by atoms with E-state index in [9.17, 15) is 23.8 Å². The second kappa shape index (κ2) is 5.95. The first-order valence-corrected chi connectivity index (χ1v) is 6.10. The van der Waals surface area contributed by atoms with Gasteiger partial charge in [-0.05, 0) is 6.07 Å².